The van der Waals surface area contributed by atoms with Crippen molar-refractivity contribution in [3.8, 4) is 0 Å². The van der Waals surface area contributed by atoms with E-state index in [1.54, 1.807) is 22.7 Å². The highest BCUT2D eigenvalue weighted by atomic mass is 32.1. The first-order valence-electron chi connectivity index (χ1n) is 7.78. The van der Waals surface area contributed by atoms with Gasteiger partial charge in [-0.15, -0.1) is 22.7 Å². The van der Waals surface area contributed by atoms with Crippen LogP contribution in [0, 0.1) is 13.8 Å². The zero-order valence-electron chi connectivity index (χ0n) is 13.1. The fourth-order valence-electron chi connectivity index (χ4n) is 3.08. The van der Waals surface area contributed by atoms with Gasteiger partial charge in [-0.2, -0.15) is 0 Å². The molecule has 2 aromatic rings. The standard InChI is InChI=1S/C17H22N2OS2/c1-12-10-14(13(2)22-12)17(20)18-11-15(16-6-5-9-21-16)19-7-3-4-8-19/h5-6,9-10,15H,3-4,7-8,11H2,1-2H3,(H,18,20). The van der Waals surface area contributed by atoms with Crippen molar-refractivity contribution in [2.75, 3.05) is 19.6 Å². The zero-order valence-corrected chi connectivity index (χ0v) is 14.7. The Morgan fingerprint density at radius 1 is 1.36 bits per heavy atom. The van der Waals surface area contributed by atoms with Crippen LogP contribution in [0.15, 0.2) is 23.6 Å². The zero-order chi connectivity index (χ0) is 15.5. The van der Waals surface area contributed by atoms with Crippen LogP contribution in [-0.4, -0.2) is 30.4 Å². The molecule has 0 saturated carbocycles. The number of rotatable bonds is 5. The molecule has 1 saturated heterocycles. The van der Waals surface area contributed by atoms with E-state index in [1.165, 1.54) is 22.6 Å². The predicted octanol–water partition coefficient (Wildman–Crippen LogP) is 3.99. The molecule has 1 atom stereocenters. The van der Waals surface area contributed by atoms with Crippen molar-refractivity contribution in [3.05, 3.63) is 43.8 Å². The molecule has 0 aromatic carbocycles. The van der Waals surface area contributed by atoms with Crippen molar-refractivity contribution >= 4 is 28.6 Å². The lowest BCUT2D eigenvalue weighted by Gasteiger charge is -2.26. The highest BCUT2D eigenvalue weighted by Gasteiger charge is 2.25. The Morgan fingerprint density at radius 2 is 2.14 bits per heavy atom. The number of hydrogen-bond acceptors (Lipinski definition) is 4. The van der Waals surface area contributed by atoms with Gasteiger partial charge in [0.25, 0.3) is 5.91 Å². The minimum Gasteiger partial charge on any atom is -0.350 e. The summed E-state index contributed by atoms with van der Waals surface area (Å²) in [4.78, 5) is 18.6. The van der Waals surface area contributed by atoms with Gasteiger partial charge >= 0.3 is 0 Å². The average molecular weight is 335 g/mol. The van der Waals surface area contributed by atoms with Crippen LogP contribution in [-0.2, 0) is 0 Å². The lowest BCUT2D eigenvalue weighted by molar-refractivity contribution is 0.0938. The summed E-state index contributed by atoms with van der Waals surface area (Å²) in [6.45, 7) is 7.02. The number of aryl methyl sites for hydroxylation is 2. The molecule has 0 radical (unpaired) electrons. The number of amides is 1. The third-order valence-corrected chi connectivity index (χ3v) is 6.13. The molecule has 0 bridgehead atoms. The molecule has 1 fully saturated rings. The Kier molecular flexibility index (Phi) is 4.96. The minimum absolute atomic E-state index is 0.0580. The lowest BCUT2D eigenvalue weighted by atomic mass is 10.2. The molecule has 3 rings (SSSR count). The Labute approximate surface area is 140 Å². The van der Waals surface area contributed by atoms with Crippen LogP contribution in [0.25, 0.3) is 0 Å². The summed E-state index contributed by atoms with van der Waals surface area (Å²) < 4.78 is 0. The maximum absolute atomic E-state index is 12.4. The SMILES string of the molecule is Cc1cc(C(=O)NCC(c2cccs2)N2CCCC2)c(C)s1. The molecule has 118 valence electrons. The van der Waals surface area contributed by atoms with E-state index in [9.17, 15) is 4.79 Å². The van der Waals surface area contributed by atoms with Crippen LogP contribution < -0.4 is 5.32 Å². The summed E-state index contributed by atoms with van der Waals surface area (Å²) in [6, 6.07) is 6.58. The van der Waals surface area contributed by atoms with E-state index in [0.29, 0.717) is 12.6 Å². The molecule has 1 unspecified atom stereocenters. The van der Waals surface area contributed by atoms with Crippen molar-refractivity contribution in [1.82, 2.24) is 10.2 Å². The first kappa shape index (κ1) is 15.7. The Bertz CT molecular complexity index is 627. The van der Waals surface area contributed by atoms with E-state index in [4.69, 9.17) is 0 Å². The monoisotopic (exact) mass is 334 g/mol. The van der Waals surface area contributed by atoms with Gasteiger partial charge in [0.15, 0.2) is 0 Å². The third-order valence-electron chi connectivity index (χ3n) is 4.19. The van der Waals surface area contributed by atoms with Crippen LogP contribution in [0.4, 0.5) is 0 Å². The highest BCUT2D eigenvalue weighted by Crippen LogP contribution is 2.28. The fraction of sp³-hybridized carbons (Fsp3) is 0.471. The van der Waals surface area contributed by atoms with Gasteiger partial charge in [-0.05, 0) is 57.3 Å². The lowest BCUT2D eigenvalue weighted by Crippen LogP contribution is -2.36. The minimum atomic E-state index is 0.0580. The second-order valence-corrected chi connectivity index (χ2v) is 8.25. The predicted molar refractivity (Wildman–Crippen MR) is 94.0 cm³/mol. The molecule has 3 heterocycles. The molecule has 5 heteroatoms. The number of carbonyl (C=O) groups excluding carboxylic acids is 1. The molecule has 1 amide bonds. The number of nitrogens with zero attached hydrogens (tertiary/aromatic N) is 1. The summed E-state index contributed by atoms with van der Waals surface area (Å²) in [7, 11) is 0. The van der Waals surface area contributed by atoms with Gasteiger partial charge in [0.1, 0.15) is 0 Å². The molecule has 22 heavy (non-hydrogen) atoms. The van der Waals surface area contributed by atoms with Crippen LogP contribution in [0.1, 0.15) is 43.9 Å². The van der Waals surface area contributed by atoms with Gasteiger partial charge in [-0.3, -0.25) is 9.69 Å². The molecular weight excluding hydrogens is 312 g/mol. The normalized spacial score (nSPS) is 16.8. The van der Waals surface area contributed by atoms with Gasteiger partial charge in [0, 0.05) is 21.2 Å². The molecule has 0 spiro atoms. The van der Waals surface area contributed by atoms with Gasteiger partial charge in [0.2, 0.25) is 0 Å². The number of carbonyl (C=O) groups is 1. The smallest absolute Gasteiger partial charge is 0.252 e. The summed E-state index contributed by atoms with van der Waals surface area (Å²) in [5.74, 6) is 0.0580. The summed E-state index contributed by atoms with van der Waals surface area (Å²) in [5.41, 5.74) is 0.828. The van der Waals surface area contributed by atoms with Crippen LogP contribution in [0.5, 0.6) is 0 Å². The highest BCUT2D eigenvalue weighted by molar-refractivity contribution is 7.12. The third kappa shape index (κ3) is 3.42. The van der Waals surface area contributed by atoms with Crippen LogP contribution in [0.2, 0.25) is 0 Å². The second-order valence-electron chi connectivity index (χ2n) is 5.81. The molecule has 1 aliphatic rings. The maximum atomic E-state index is 12.4. The van der Waals surface area contributed by atoms with E-state index in [-0.39, 0.29) is 5.91 Å². The fourth-order valence-corrected chi connectivity index (χ4v) is 4.87. The Morgan fingerprint density at radius 3 is 2.73 bits per heavy atom. The number of thiophene rings is 2. The van der Waals surface area contributed by atoms with E-state index in [0.717, 1.165) is 23.5 Å². The largest absolute Gasteiger partial charge is 0.350 e. The van der Waals surface area contributed by atoms with E-state index >= 15 is 0 Å². The molecule has 1 aliphatic heterocycles. The summed E-state index contributed by atoms with van der Waals surface area (Å²) in [5, 5.41) is 5.27. The number of nitrogens with one attached hydrogen (secondary N) is 1. The topological polar surface area (TPSA) is 32.3 Å². The first-order chi connectivity index (χ1) is 10.6. The Balaban J connectivity index is 1.68. The van der Waals surface area contributed by atoms with Gasteiger partial charge in [-0.25, -0.2) is 0 Å². The number of likely N-dealkylation sites (tertiary alicyclic amines) is 1. The molecule has 3 nitrogen and oxygen atoms in total. The molecule has 0 aliphatic carbocycles. The van der Waals surface area contributed by atoms with E-state index in [1.807, 2.05) is 19.9 Å². The summed E-state index contributed by atoms with van der Waals surface area (Å²) >= 11 is 3.47. The van der Waals surface area contributed by atoms with Crippen molar-refractivity contribution < 1.29 is 4.79 Å². The molecular formula is C17H22N2OS2. The van der Waals surface area contributed by atoms with E-state index < -0.39 is 0 Å². The van der Waals surface area contributed by atoms with Crippen LogP contribution >= 0.6 is 22.7 Å². The summed E-state index contributed by atoms with van der Waals surface area (Å²) in [6.07, 6.45) is 2.53. The second kappa shape index (κ2) is 6.94. The Hall–Kier alpha value is -1.17. The number of hydrogen-bond donors (Lipinski definition) is 1. The average Bonchev–Trinajstić information content (AvgIpc) is 3.21. The quantitative estimate of drug-likeness (QED) is 0.896. The van der Waals surface area contributed by atoms with E-state index in [2.05, 4.69) is 27.7 Å². The molecule has 2 aromatic heterocycles. The van der Waals surface area contributed by atoms with Crippen molar-refractivity contribution in [2.24, 2.45) is 0 Å². The first-order valence-corrected chi connectivity index (χ1v) is 9.47. The van der Waals surface area contributed by atoms with Crippen molar-refractivity contribution in [2.45, 2.75) is 32.7 Å². The van der Waals surface area contributed by atoms with Crippen molar-refractivity contribution in [3.63, 3.8) is 0 Å². The maximum Gasteiger partial charge on any atom is 0.252 e. The van der Waals surface area contributed by atoms with Gasteiger partial charge in [-0.1, -0.05) is 6.07 Å². The van der Waals surface area contributed by atoms with Gasteiger partial charge in [0.05, 0.1) is 11.6 Å². The molecule has 1 N–H and O–H groups in total. The van der Waals surface area contributed by atoms with Crippen LogP contribution in [0.3, 0.4) is 0 Å². The van der Waals surface area contributed by atoms with Crippen molar-refractivity contribution in [1.29, 1.82) is 0 Å². The van der Waals surface area contributed by atoms with Gasteiger partial charge < -0.3 is 5.32 Å².